The van der Waals surface area contributed by atoms with Crippen molar-refractivity contribution in [1.82, 2.24) is 9.88 Å². The largest absolute Gasteiger partial charge is 0.505 e. The van der Waals surface area contributed by atoms with Gasteiger partial charge in [0.25, 0.3) is 5.91 Å². The Labute approximate surface area is 94.9 Å². The minimum absolute atomic E-state index is 0.0441. The lowest BCUT2D eigenvalue weighted by Crippen LogP contribution is -2.35. The predicted octanol–water partition coefficient (Wildman–Crippen LogP) is 1.80. The Bertz CT molecular complexity index is 386. The van der Waals surface area contributed by atoms with Crippen molar-refractivity contribution in [2.24, 2.45) is 0 Å². The lowest BCUT2D eigenvalue weighted by molar-refractivity contribution is 0.0732. The summed E-state index contributed by atoms with van der Waals surface area (Å²) in [5.74, 6) is -0.163. The Kier molecular flexibility index (Phi) is 3.08. The molecule has 0 aromatic carbocycles. The molecule has 0 radical (unpaired) electrons. The summed E-state index contributed by atoms with van der Waals surface area (Å²) >= 11 is 0. The van der Waals surface area contributed by atoms with Gasteiger partial charge in [-0.15, -0.1) is 0 Å². The first-order chi connectivity index (χ1) is 7.70. The molecule has 1 fully saturated rings. The highest BCUT2D eigenvalue weighted by Gasteiger charge is 2.25. The molecule has 86 valence electrons. The number of nitrogens with zero attached hydrogens (tertiary/aromatic N) is 2. The number of carbonyl (C=O) groups excluding carboxylic acids is 1. The Morgan fingerprint density at radius 1 is 1.50 bits per heavy atom. The van der Waals surface area contributed by atoms with E-state index in [1.165, 1.54) is 25.2 Å². The zero-order valence-corrected chi connectivity index (χ0v) is 9.39. The summed E-state index contributed by atoms with van der Waals surface area (Å²) in [6.07, 6.45) is 7.32. The molecule has 1 amide bonds. The molecule has 1 heterocycles. The highest BCUT2D eigenvalue weighted by Crippen LogP contribution is 2.25. The maximum atomic E-state index is 12.1. The SMILES string of the molecule is CN(C(=O)c1ccncc1O)C1CCCC1. The van der Waals surface area contributed by atoms with E-state index in [9.17, 15) is 9.90 Å². The van der Waals surface area contributed by atoms with Gasteiger partial charge in [-0.25, -0.2) is 0 Å². The molecule has 0 bridgehead atoms. The summed E-state index contributed by atoms with van der Waals surface area (Å²) < 4.78 is 0. The second-order valence-electron chi connectivity index (χ2n) is 4.25. The number of amides is 1. The van der Waals surface area contributed by atoms with E-state index >= 15 is 0 Å². The summed E-state index contributed by atoms with van der Waals surface area (Å²) in [4.78, 5) is 17.6. The van der Waals surface area contributed by atoms with Gasteiger partial charge in [0.2, 0.25) is 0 Å². The first-order valence-electron chi connectivity index (χ1n) is 5.60. The monoisotopic (exact) mass is 220 g/mol. The van der Waals surface area contributed by atoms with E-state index in [4.69, 9.17) is 0 Å². The summed E-state index contributed by atoms with van der Waals surface area (Å²) in [5, 5.41) is 9.56. The van der Waals surface area contributed by atoms with Gasteiger partial charge in [0, 0.05) is 19.3 Å². The van der Waals surface area contributed by atoms with Crippen LogP contribution in [0.1, 0.15) is 36.0 Å². The second-order valence-corrected chi connectivity index (χ2v) is 4.25. The number of hydrogen-bond acceptors (Lipinski definition) is 3. The van der Waals surface area contributed by atoms with Crippen LogP contribution in [-0.4, -0.2) is 34.0 Å². The highest BCUT2D eigenvalue weighted by molar-refractivity contribution is 5.96. The quantitative estimate of drug-likeness (QED) is 0.826. The van der Waals surface area contributed by atoms with Crippen molar-refractivity contribution in [3.63, 3.8) is 0 Å². The molecule has 1 saturated carbocycles. The van der Waals surface area contributed by atoms with E-state index in [-0.39, 0.29) is 11.7 Å². The topological polar surface area (TPSA) is 53.4 Å². The number of pyridine rings is 1. The van der Waals surface area contributed by atoms with Crippen LogP contribution in [0, 0.1) is 0 Å². The first kappa shape index (κ1) is 10.9. The summed E-state index contributed by atoms with van der Waals surface area (Å²) in [6.45, 7) is 0. The molecule has 16 heavy (non-hydrogen) atoms. The molecule has 0 atom stereocenters. The van der Waals surface area contributed by atoms with Gasteiger partial charge in [0.15, 0.2) is 0 Å². The number of aromatic hydroxyl groups is 1. The molecule has 0 spiro atoms. The van der Waals surface area contributed by atoms with Gasteiger partial charge >= 0.3 is 0 Å². The van der Waals surface area contributed by atoms with Crippen LogP contribution in [0.3, 0.4) is 0 Å². The lowest BCUT2D eigenvalue weighted by atomic mass is 10.1. The maximum Gasteiger partial charge on any atom is 0.257 e. The molecule has 4 heteroatoms. The zero-order chi connectivity index (χ0) is 11.5. The van der Waals surface area contributed by atoms with Gasteiger partial charge in [-0.1, -0.05) is 12.8 Å². The number of rotatable bonds is 2. The van der Waals surface area contributed by atoms with Gasteiger partial charge in [0.05, 0.1) is 11.8 Å². The molecule has 1 aliphatic carbocycles. The minimum Gasteiger partial charge on any atom is -0.505 e. The third kappa shape index (κ3) is 2.01. The molecule has 0 aliphatic heterocycles. The van der Waals surface area contributed by atoms with Gasteiger partial charge < -0.3 is 10.0 Å². The summed E-state index contributed by atoms with van der Waals surface area (Å²) in [6, 6.07) is 1.88. The number of aromatic nitrogens is 1. The van der Waals surface area contributed by atoms with E-state index in [2.05, 4.69) is 4.98 Å². The Hall–Kier alpha value is -1.58. The van der Waals surface area contributed by atoms with Crippen LogP contribution >= 0.6 is 0 Å². The van der Waals surface area contributed by atoms with Crippen LogP contribution in [0.4, 0.5) is 0 Å². The normalized spacial score (nSPS) is 16.3. The van der Waals surface area contributed by atoms with Gasteiger partial charge in [-0.2, -0.15) is 0 Å². The number of carbonyl (C=O) groups is 1. The summed E-state index contributed by atoms with van der Waals surface area (Å²) in [7, 11) is 1.80. The van der Waals surface area contributed by atoms with Crippen molar-refractivity contribution >= 4 is 5.91 Å². The van der Waals surface area contributed by atoms with Gasteiger partial charge in [-0.05, 0) is 18.9 Å². The smallest absolute Gasteiger partial charge is 0.257 e. The fraction of sp³-hybridized carbons (Fsp3) is 0.500. The van der Waals surface area contributed by atoms with Crippen LogP contribution in [0.2, 0.25) is 0 Å². The Morgan fingerprint density at radius 2 is 2.19 bits per heavy atom. The fourth-order valence-electron chi connectivity index (χ4n) is 2.21. The van der Waals surface area contributed by atoms with E-state index in [0.717, 1.165) is 12.8 Å². The Balaban J connectivity index is 2.15. The lowest BCUT2D eigenvalue weighted by Gasteiger charge is -2.24. The van der Waals surface area contributed by atoms with Crippen LogP contribution in [-0.2, 0) is 0 Å². The highest BCUT2D eigenvalue weighted by atomic mass is 16.3. The molecule has 1 aromatic rings. The molecule has 1 N–H and O–H groups in total. The van der Waals surface area contributed by atoms with Crippen LogP contribution in [0.5, 0.6) is 5.75 Å². The third-order valence-corrected chi connectivity index (χ3v) is 3.22. The molecule has 4 nitrogen and oxygen atoms in total. The maximum absolute atomic E-state index is 12.1. The standard InChI is InChI=1S/C12H16N2O2/c1-14(9-4-2-3-5-9)12(16)10-6-7-13-8-11(10)15/h6-9,15H,2-5H2,1H3. The van der Waals surface area contributed by atoms with Crippen molar-refractivity contribution in [2.45, 2.75) is 31.7 Å². The van der Waals surface area contributed by atoms with Gasteiger partial charge in [-0.3, -0.25) is 9.78 Å². The molecular weight excluding hydrogens is 204 g/mol. The van der Waals surface area contributed by atoms with E-state index in [1.807, 2.05) is 0 Å². The zero-order valence-electron chi connectivity index (χ0n) is 9.39. The Morgan fingerprint density at radius 3 is 2.81 bits per heavy atom. The van der Waals surface area contributed by atoms with Crippen molar-refractivity contribution in [3.8, 4) is 5.75 Å². The molecule has 2 rings (SSSR count). The van der Waals surface area contributed by atoms with Crippen LogP contribution in [0.25, 0.3) is 0 Å². The number of hydrogen-bond donors (Lipinski definition) is 1. The van der Waals surface area contributed by atoms with E-state index < -0.39 is 0 Å². The van der Waals surface area contributed by atoms with Gasteiger partial charge in [0.1, 0.15) is 5.75 Å². The van der Waals surface area contributed by atoms with Crippen LogP contribution in [0.15, 0.2) is 18.5 Å². The fourth-order valence-corrected chi connectivity index (χ4v) is 2.21. The molecule has 1 aromatic heterocycles. The van der Waals surface area contributed by atoms with Crippen molar-refractivity contribution in [1.29, 1.82) is 0 Å². The molecule has 0 unspecified atom stereocenters. The van der Waals surface area contributed by atoms with Crippen molar-refractivity contribution in [3.05, 3.63) is 24.0 Å². The summed E-state index contributed by atoms with van der Waals surface area (Å²) in [5.41, 5.74) is 0.337. The molecular formula is C12H16N2O2. The van der Waals surface area contributed by atoms with E-state index in [1.54, 1.807) is 18.0 Å². The molecule has 0 saturated heterocycles. The average molecular weight is 220 g/mol. The van der Waals surface area contributed by atoms with Crippen LogP contribution < -0.4 is 0 Å². The minimum atomic E-state index is -0.119. The predicted molar refractivity (Wildman–Crippen MR) is 60.3 cm³/mol. The molecule has 1 aliphatic rings. The van der Waals surface area contributed by atoms with E-state index in [0.29, 0.717) is 11.6 Å². The average Bonchev–Trinajstić information content (AvgIpc) is 2.81. The second kappa shape index (κ2) is 4.51. The first-order valence-corrected chi connectivity index (χ1v) is 5.60. The third-order valence-electron chi connectivity index (χ3n) is 3.22. The van der Waals surface area contributed by atoms with Crippen molar-refractivity contribution < 1.29 is 9.90 Å². The van der Waals surface area contributed by atoms with Crippen molar-refractivity contribution in [2.75, 3.05) is 7.05 Å².